The van der Waals surface area contributed by atoms with Crippen LogP contribution in [0.15, 0.2) is 36.4 Å². The lowest BCUT2D eigenvalue weighted by atomic mass is 9.82. The smallest absolute Gasteiger partial charge is 0.228 e. The van der Waals surface area contributed by atoms with Gasteiger partial charge in [0.25, 0.3) is 0 Å². The van der Waals surface area contributed by atoms with Gasteiger partial charge in [0.1, 0.15) is 0 Å². The molecule has 0 aliphatic heterocycles. The van der Waals surface area contributed by atoms with E-state index in [2.05, 4.69) is 5.32 Å². The lowest BCUT2D eigenvalue weighted by molar-refractivity contribution is -0.313. The summed E-state index contributed by atoms with van der Waals surface area (Å²) in [7, 11) is 0. The molecule has 0 saturated heterocycles. The highest BCUT2D eigenvalue weighted by atomic mass is 16.4. The maximum absolute atomic E-state index is 12.4. The molecule has 2 aliphatic rings. The summed E-state index contributed by atoms with van der Waals surface area (Å²) in [5.74, 6) is -2.59. The predicted molar refractivity (Wildman–Crippen MR) is 72.5 cm³/mol. The Balaban J connectivity index is 1.80. The molecule has 4 atom stereocenters. The number of hydrogen-bond acceptors (Lipinski definition) is 3. The molecular formula is C16H16NO3-. The summed E-state index contributed by atoms with van der Waals surface area (Å²) < 4.78 is 0. The minimum Gasteiger partial charge on any atom is -0.550 e. The molecule has 0 spiro atoms. The second kappa shape index (κ2) is 4.78. The Morgan fingerprint density at radius 3 is 2.55 bits per heavy atom. The van der Waals surface area contributed by atoms with E-state index in [-0.39, 0.29) is 17.7 Å². The van der Waals surface area contributed by atoms with E-state index in [1.807, 2.05) is 43.3 Å². The Hall–Kier alpha value is -2.10. The minimum absolute atomic E-state index is 0.0210. The molecule has 0 unspecified atom stereocenters. The molecule has 4 nitrogen and oxygen atoms in total. The molecule has 104 valence electrons. The number of aryl methyl sites for hydroxylation is 1. The van der Waals surface area contributed by atoms with E-state index in [0.717, 1.165) is 12.0 Å². The number of carbonyl (C=O) groups excluding carboxylic acids is 2. The Bertz CT molecular complexity index is 593. The summed E-state index contributed by atoms with van der Waals surface area (Å²) >= 11 is 0. The number of carboxylic acids is 1. The highest BCUT2D eigenvalue weighted by Gasteiger charge is 2.48. The molecule has 1 aromatic rings. The number of allylic oxidation sites excluding steroid dienone is 2. The van der Waals surface area contributed by atoms with Gasteiger partial charge in [0.05, 0.1) is 5.92 Å². The van der Waals surface area contributed by atoms with Crippen molar-refractivity contribution in [3.8, 4) is 0 Å². The summed E-state index contributed by atoms with van der Waals surface area (Å²) in [6, 6.07) is 7.48. The van der Waals surface area contributed by atoms with E-state index < -0.39 is 17.8 Å². The Labute approximate surface area is 117 Å². The molecule has 1 saturated carbocycles. The Kier molecular flexibility index (Phi) is 3.08. The van der Waals surface area contributed by atoms with Crippen LogP contribution in [0.3, 0.4) is 0 Å². The van der Waals surface area contributed by atoms with Gasteiger partial charge in [0.15, 0.2) is 0 Å². The molecule has 0 heterocycles. The van der Waals surface area contributed by atoms with Crippen LogP contribution in [-0.2, 0) is 9.59 Å². The fourth-order valence-electron chi connectivity index (χ4n) is 3.45. The molecule has 2 aliphatic carbocycles. The van der Waals surface area contributed by atoms with Gasteiger partial charge < -0.3 is 15.2 Å². The molecule has 1 fully saturated rings. The first kappa shape index (κ1) is 12.9. The van der Waals surface area contributed by atoms with Crippen LogP contribution in [0.5, 0.6) is 0 Å². The van der Waals surface area contributed by atoms with Gasteiger partial charge in [0.2, 0.25) is 5.91 Å². The first-order chi connectivity index (χ1) is 9.56. The van der Waals surface area contributed by atoms with Crippen molar-refractivity contribution < 1.29 is 14.7 Å². The quantitative estimate of drug-likeness (QED) is 0.837. The lowest BCUT2D eigenvalue weighted by Gasteiger charge is -2.27. The van der Waals surface area contributed by atoms with Crippen molar-refractivity contribution in [1.82, 2.24) is 0 Å². The van der Waals surface area contributed by atoms with E-state index in [9.17, 15) is 14.7 Å². The van der Waals surface area contributed by atoms with Gasteiger partial charge in [-0.15, -0.1) is 0 Å². The van der Waals surface area contributed by atoms with Gasteiger partial charge in [-0.1, -0.05) is 24.3 Å². The molecule has 1 aromatic carbocycles. The standard InChI is InChI=1S/C16H17NO3/c1-9-3-2-4-12(7-9)17-15(18)13-10-5-6-11(8-10)14(13)16(19)20/h2-7,10-11,13-14H,8H2,1H3,(H,17,18)(H,19,20)/p-1/t10-,11+,13-,14+/m0/s1. The molecule has 20 heavy (non-hydrogen) atoms. The van der Waals surface area contributed by atoms with Crippen molar-refractivity contribution in [1.29, 1.82) is 0 Å². The predicted octanol–water partition coefficient (Wildman–Crippen LogP) is 1.12. The monoisotopic (exact) mass is 270 g/mol. The molecule has 0 aromatic heterocycles. The molecule has 2 bridgehead atoms. The van der Waals surface area contributed by atoms with Crippen LogP contribution in [-0.4, -0.2) is 11.9 Å². The van der Waals surface area contributed by atoms with E-state index >= 15 is 0 Å². The number of fused-ring (bicyclic) bond motifs is 2. The van der Waals surface area contributed by atoms with Crippen LogP contribution in [0.2, 0.25) is 0 Å². The van der Waals surface area contributed by atoms with Gasteiger partial charge in [-0.2, -0.15) is 0 Å². The minimum atomic E-state index is -1.12. The van der Waals surface area contributed by atoms with Crippen molar-refractivity contribution in [2.75, 3.05) is 5.32 Å². The van der Waals surface area contributed by atoms with E-state index in [0.29, 0.717) is 5.69 Å². The van der Waals surface area contributed by atoms with Crippen LogP contribution in [0.4, 0.5) is 5.69 Å². The van der Waals surface area contributed by atoms with Crippen molar-refractivity contribution in [2.24, 2.45) is 23.7 Å². The van der Waals surface area contributed by atoms with Gasteiger partial charge in [0, 0.05) is 17.6 Å². The molecular weight excluding hydrogens is 254 g/mol. The normalized spacial score (nSPS) is 30.4. The second-order valence-electron chi connectivity index (χ2n) is 5.68. The number of nitrogens with one attached hydrogen (secondary N) is 1. The topological polar surface area (TPSA) is 69.2 Å². The number of amides is 1. The van der Waals surface area contributed by atoms with Gasteiger partial charge in [-0.25, -0.2) is 0 Å². The maximum Gasteiger partial charge on any atom is 0.228 e. The Morgan fingerprint density at radius 1 is 1.20 bits per heavy atom. The molecule has 1 N–H and O–H groups in total. The first-order valence-corrected chi connectivity index (χ1v) is 6.83. The zero-order valence-corrected chi connectivity index (χ0v) is 11.2. The highest BCUT2D eigenvalue weighted by Crippen LogP contribution is 2.48. The van der Waals surface area contributed by atoms with Crippen molar-refractivity contribution >= 4 is 17.6 Å². The second-order valence-corrected chi connectivity index (χ2v) is 5.68. The number of anilines is 1. The number of carbonyl (C=O) groups is 2. The van der Waals surface area contributed by atoms with Crippen LogP contribution >= 0.6 is 0 Å². The van der Waals surface area contributed by atoms with Gasteiger partial charge in [-0.05, 0) is 42.9 Å². The lowest BCUT2D eigenvalue weighted by Crippen LogP contribution is -2.42. The zero-order chi connectivity index (χ0) is 14.3. The third-order valence-electron chi connectivity index (χ3n) is 4.32. The first-order valence-electron chi connectivity index (χ1n) is 6.83. The van der Waals surface area contributed by atoms with Gasteiger partial charge in [-0.3, -0.25) is 4.79 Å². The summed E-state index contributed by atoms with van der Waals surface area (Å²) in [5, 5.41) is 14.1. The summed E-state index contributed by atoms with van der Waals surface area (Å²) in [5.41, 5.74) is 1.76. The number of benzene rings is 1. The summed E-state index contributed by atoms with van der Waals surface area (Å²) in [6.07, 6.45) is 4.61. The molecule has 4 heteroatoms. The average molecular weight is 270 g/mol. The van der Waals surface area contributed by atoms with E-state index in [1.165, 1.54) is 0 Å². The van der Waals surface area contributed by atoms with Gasteiger partial charge >= 0.3 is 0 Å². The third kappa shape index (κ3) is 2.11. The van der Waals surface area contributed by atoms with Crippen LogP contribution in [0, 0.1) is 30.6 Å². The zero-order valence-electron chi connectivity index (χ0n) is 11.2. The maximum atomic E-state index is 12.4. The number of hydrogen-bond donors (Lipinski definition) is 1. The largest absolute Gasteiger partial charge is 0.550 e. The summed E-state index contributed by atoms with van der Waals surface area (Å²) in [6.45, 7) is 1.94. The molecule has 0 radical (unpaired) electrons. The molecule has 1 amide bonds. The number of rotatable bonds is 3. The van der Waals surface area contributed by atoms with Crippen LogP contribution < -0.4 is 10.4 Å². The van der Waals surface area contributed by atoms with E-state index in [4.69, 9.17) is 0 Å². The number of aliphatic carboxylic acids is 1. The SMILES string of the molecule is Cc1cccc(NC(=O)[C@@H]2[C@H](C(=O)[O-])[C@@H]3C=C[C@H]2C3)c1. The van der Waals surface area contributed by atoms with Crippen molar-refractivity contribution in [3.63, 3.8) is 0 Å². The fraction of sp³-hybridized carbons (Fsp3) is 0.375. The third-order valence-corrected chi connectivity index (χ3v) is 4.32. The number of carboxylic acid groups (broad SMARTS) is 1. The highest BCUT2D eigenvalue weighted by molar-refractivity contribution is 5.96. The van der Waals surface area contributed by atoms with Crippen LogP contribution in [0.25, 0.3) is 0 Å². The van der Waals surface area contributed by atoms with Crippen LogP contribution in [0.1, 0.15) is 12.0 Å². The van der Waals surface area contributed by atoms with E-state index in [1.54, 1.807) is 0 Å². The molecule has 3 rings (SSSR count). The average Bonchev–Trinajstić information content (AvgIpc) is 2.98. The summed E-state index contributed by atoms with van der Waals surface area (Å²) in [4.78, 5) is 23.7. The van der Waals surface area contributed by atoms with Crippen molar-refractivity contribution in [3.05, 3.63) is 42.0 Å². The fourth-order valence-corrected chi connectivity index (χ4v) is 3.45. The van der Waals surface area contributed by atoms with Crippen molar-refractivity contribution in [2.45, 2.75) is 13.3 Å². The Morgan fingerprint density at radius 2 is 1.90 bits per heavy atom.